The second-order valence-electron chi connectivity index (χ2n) is 3.66. The van der Waals surface area contributed by atoms with Gasteiger partial charge in [-0.05, 0) is 17.9 Å². The summed E-state index contributed by atoms with van der Waals surface area (Å²) in [7, 11) is 1.66. The SMILES string of the molecule is CCC(CO)(COC)NCc1cccs1. The third-order valence-corrected chi connectivity index (χ3v) is 3.49. The monoisotopic (exact) mass is 229 g/mol. The van der Waals surface area contributed by atoms with E-state index in [0.717, 1.165) is 13.0 Å². The van der Waals surface area contributed by atoms with Crippen LogP contribution in [0.3, 0.4) is 0 Å². The predicted octanol–water partition coefficient (Wildman–Crippen LogP) is 1.63. The van der Waals surface area contributed by atoms with Gasteiger partial charge in [-0.1, -0.05) is 13.0 Å². The number of methoxy groups -OCH3 is 1. The second-order valence-corrected chi connectivity index (χ2v) is 4.69. The summed E-state index contributed by atoms with van der Waals surface area (Å²) in [4.78, 5) is 1.28. The largest absolute Gasteiger partial charge is 0.394 e. The maximum absolute atomic E-state index is 9.40. The molecule has 0 spiro atoms. The lowest BCUT2D eigenvalue weighted by Crippen LogP contribution is -2.51. The van der Waals surface area contributed by atoms with Crippen molar-refractivity contribution in [2.75, 3.05) is 20.3 Å². The Morgan fingerprint density at radius 1 is 1.60 bits per heavy atom. The number of ether oxygens (including phenoxy) is 1. The number of rotatable bonds is 7. The van der Waals surface area contributed by atoms with Gasteiger partial charge in [0, 0.05) is 18.5 Å². The van der Waals surface area contributed by atoms with Crippen LogP contribution in [0.2, 0.25) is 0 Å². The summed E-state index contributed by atoms with van der Waals surface area (Å²) in [6, 6.07) is 4.12. The minimum atomic E-state index is -0.307. The summed E-state index contributed by atoms with van der Waals surface area (Å²) < 4.78 is 5.14. The molecule has 0 aliphatic heterocycles. The molecule has 1 rings (SSSR count). The molecule has 1 unspecified atom stereocenters. The van der Waals surface area contributed by atoms with Crippen molar-refractivity contribution in [1.82, 2.24) is 5.32 Å². The highest BCUT2D eigenvalue weighted by atomic mass is 32.1. The van der Waals surface area contributed by atoms with E-state index >= 15 is 0 Å². The van der Waals surface area contributed by atoms with Crippen LogP contribution in [0.5, 0.6) is 0 Å². The first-order valence-corrected chi connectivity index (χ1v) is 6.01. The minimum Gasteiger partial charge on any atom is -0.394 e. The molecule has 1 aromatic rings. The fourth-order valence-corrected chi connectivity index (χ4v) is 2.10. The maximum Gasteiger partial charge on any atom is 0.0667 e. The van der Waals surface area contributed by atoms with Gasteiger partial charge in [0.05, 0.1) is 18.8 Å². The summed E-state index contributed by atoms with van der Waals surface area (Å²) >= 11 is 1.72. The van der Waals surface area contributed by atoms with Crippen LogP contribution in [0.1, 0.15) is 18.2 Å². The topological polar surface area (TPSA) is 41.5 Å². The molecule has 0 saturated carbocycles. The van der Waals surface area contributed by atoms with Crippen LogP contribution >= 0.6 is 11.3 Å². The molecular formula is C11H19NO2S. The van der Waals surface area contributed by atoms with Gasteiger partial charge in [0.1, 0.15) is 0 Å². The van der Waals surface area contributed by atoms with Gasteiger partial charge in [0.15, 0.2) is 0 Å². The zero-order chi connectivity index (χ0) is 11.1. The van der Waals surface area contributed by atoms with E-state index in [-0.39, 0.29) is 12.1 Å². The van der Waals surface area contributed by atoms with E-state index in [1.165, 1.54) is 4.88 Å². The summed E-state index contributed by atoms with van der Waals surface area (Å²) in [5.41, 5.74) is -0.307. The van der Waals surface area contributed by atoms with Crippen molar-refractivity contribution in [2.24, 2.45) is 0 Å². The first kappa shape index (κ1) is 12.6. The van der Waals surface area contributed by atoms with Crippen molar-refractivity contribution in [2.45, 2.75) is 25.4 Å². The minimum absolute atomic E-state index is 0.0999. The van der Waals surface area contributed by atoms with Crippen molar-refractivity contribution in [3.8, 4) is 0 Å². The molecule has 0 saturated heterocycles. The Morgan fingerprint density at radius 2 is 2.40 bits per heavy atom. The normalized spacial score (nSPS) is 15.1. The van der Waals surface area contributed by atoms with Gasteiger partial charge in [0.2, 0.25) is 0 Å². The van der Waals surface area contributed by atoms with Gasteiger partial charge in [-0.2, -0.15) is 0 Å². The Bertz CT molecular complexity index is 258. The molecule has 0 aliphatic carbocycles. The average Bonchev–Trinajstić information content (AvgIpc) is 2.77. The maximum atomic E-state index is 9.40. The molecule has 4 heteroatoms. The highest BCUT2D eigenvalue weighted by Gasteiger charge is 2.26. The number of hydrogen-bond donors (Lipinski definition) is 2. The van der Waals surface area contributed by atoms with Crippen LogP contribution in [0.15, 0.2) is 17.5 Å². The highest BCUT2D eigenvalue weighted by molar-refractivity contribution is 7.09. The molecule has 15 heavy (non-hydrogen) atoms. The second kappa shape index (κ2) is 6.23. The molecule has 0 aliphatic rings. The van der Waals surface area contributed by atoms with Crippen LogP contribution < -0.4 is 5.32 Å². The van der Waals surface area contributed by atoms with E-state index in [2.05, 4.69) is 23.7 Å². The van der Waals surface area contributed by atoms with E-state index in [1.807, 2.05) is 6.07 Å². The van der Waals surface area contributed by atoms with Crippen molar-refractivity contribution in [1.29, 1.82) is 0 Å². The van der Waals surface area contributed by atoms with Crippen molar-refractivity contribution >= 4 is 11.3 Å². The summed E-state index contributed by atoms with van der Waals surface area (Å²) in [5.74, 6) is 0. The Kier molecular flexibility index (Phi) is 5.25. The Hall–Kier alpha value is -0.420. The molecule has 0 aromatic carbocycles. The number of hydrogen-bond acceptors (Lipinski definition) is 4. The van der Waals surface area contributed by atoms with Crippen LogP contribution in [0, 0.1) is 0 Å². The van der Waals surface area contributed by atoms with Gasteiger partial charge >= 0.3 is 0 Å². The van der Waals surface area contributed by atoms with Crippen LogP contribution in [-0.2, 0) is 11.3 Å². The Morgan fingerprint density at radius 3 is 2.87 bits per heavy atom. The number of nitrogens with one attached hydrogen (secondary N) is 1. The van der Waals surface area contributed by atoms with E-state index in [9.17, 15) is 5.11 Å². The lowest BCUT2D eigenvalue weighted by atomic mass is 9.98. The van der Waals surface area contributed by atoms with E-state index < -0.39 is 0 Å². The molecule has 1 aromatic heterocycles. The van der Waals surface area contributed by atoms with E-state index in [4.69, 9.17) is 4.74 Å². The fourth-order valence-electron chi connectivity index (χ4n) is 1.46. The summed E-state index contributed by atoms with van der Waals surface area (Å²) in [5, 5.41) is 14.8. The number of thiophene rings is 1. The van der Waals surface area contributed by atoms with Crippen LogP contribution in [0.25, 0.3) is 0 Å². The molecule has 86 valence electrons. The van der Waals surface area contributed by atoms with Crippen molar-refractivity contribution in [3.05, 3.63) is 22.4 Å². The average molecular weight is 229 g/mol. The first-order chi connectivity index (χ1) is 7.26. The Labute approximate surface area is 95.1 Å². The molecule has 0 fully saturated rings. The smallest absolute Gasteiger partial charge is 0.0667 e. The molecule has 2 N–H and O–H groups in total. The third kappa shape index (κ3) is 3.57. The standard InChI is InChI=1S/C11H19NO2S/c1-3-11(8-13,9-14-2)12-7-10-5-4-6-15-10/h4-6,12-13H,3,7-9H2,1-2H3. The van der Waals surface area contributed by atoms with Gasteiger partial charge in [-0.15, -0.1) is 11.3 Å². The lowest BCUT2D eigenvalue weighted by Gasteiger charge is -2.31. The molecule has 0 radical (unpaired) electrons. The third-order valence-electron chi connectivity index (χ3n) is 2.62. The lowest BCUT2D eigenvalue weighted by molar-refractivity contribution is 0.0586. The molecule has 1 heterocycles. The summed E-state index contributed by atoms with van der Waals surface area (Å²) in [6.07, 6.45) is 0.850. The van der Waals surface area contributed by atoms with Crippen LogP contribution in [0.4, 0.5) is 0 Å². The highest BCUT2D eigenvalue weighted by Crippen LogP contribution is 2.14. The van der Waals surface area contributed by atoms with Gasteiger partial charge in [-0.3, -0.25) is 0 Å². The number of aliphatic hydroxyl groups is 1. The van der Waals surface area contributed by atoms with Crippen LogP contribution in [-0.4, -0.2) is 31.0 Å². The van der Waals surface area contributed by atoms with E-state index in [1.54, 1.807) is 18.4 Å². The van der Waals surface area contributed by atoms with Gasteiger partial charge < -0.3 is 15.2 Å². The molecular weight excluding hydrogens is 210 g/mol. The van der Waals surface area contributed by atoms with Gasteiger partial charge in [-0.25, -0.2) is 0 Å². The molecule has 0 amide bonds. The number of aliphatic hydroxyl groups excluding tert-OH is 1. The molecule has 3 nitrogen and oxygen atoms in total. The van der Waals surface area contributed by atoms with Crippen molar-refractivity contribution in [3.63, 3.8) is 0 Å². The zero-order valence-corrected chi connectivity index (χ0v) is 10.1. The fraction of sp³-hybridized carbons (Fsp3) is 0.636. The van der Waals surface area contributed by atoms with Gasteiger partial charge in [0.25, 0.3) is 0 Å². The van der Waals surface area contributed by atoms with Crippen molar-refractivity contribution < 1.29 is 9.84 Å². The zero-order valence-electron chi connectivity index (χ0n) is 9.32. The quantitative estimate of drug-likeness (QED) is 0.746. The first-order valence-electron chi connectivity index (χ1n) is 5.13. The molecule has 0 bridgehead atoms. The van der Waals surface area contributed by atoms with E-state index in [0.29, 0.717) is 6.61 Å². The predicted molar refractivity (Wildman–Crippen MR) is 63.1 cm³/mol. The summed E-state index contributed by atoms with van der Waals surface area (Å²) in [6.45, 7) is 3.47. The Balaban J connectivity index is 2.50. The molecule has 1 atom stereocenters.